The number of rotatable bonds is 3. The van der Waals surface area contributed by atoms with Crippen molar-refractivity contribution in [2.75, 3.05) is 6.61 Å². The van der Waals surface area contributed by atoms with E-state index >= 15 is 0 Å². The van der Waals surface area contributed by atoms with Crippen molar-refractivity contribution in [2.45, 2.75) is 20.3 Å². The molecule has 66 valence electrons. The van der Waals surface area contributed by atoms with Gasteiger partial charge in [0.25, 0.3) is 0 Å². The summed E-state index contributed by atoms with van der Waals surface area (Å²) in [6.07, 6.45) is 0.979. The fraction of sp³-hybridized carbons (Fsp3) is 0.400. The van der Waals surface area contributed by atoms with E-state index in [2.05, 4.69) is 6.92 Å². The van der Waals surface area contributed by atoms with Crippen LogP contribution in [-0.4, -0.2) is 6.61 Å². The molecule has 0 N–H and O–H groups in total. The number of benzene rings is 1. The summed E-state index contributed by atoms with van der Waals surface area (Å²) < 4.78 is 5.42. The Labute approximate surface area is 78.3 Å². The van der Waals surface area contributed by atoms with Gasteiger partial charge in [0.1, 0.15) is 5.75 Å². The first-order chi connectivity index (χ1) is 5.77. The van der Waals surface area contributed by atoms with Crippen molar-refractivity contribution in [1.29, 1.82) is 0 Å². The van der Waals surface area contributed by atoms with E-state index in [0.29, 0.717) is 6.61 Å². The molecule has 0 bridgehead atoms. The average Bonchev–Trinajstić information content (AvgIpc) is 2.05. The second-order valence-corrected chi connectivity index (χ2v) is 2.98. The summed E-state index contributed by atoms with van der Waals surface area (Å²) in [6, 6.07) is 5.76. The number of halogens is 1. The normalized spacial score (nSPS) is 9.92. The molecule has 0 unspecified atom stereocenters. The zero-order chi connectivity index (χ0) is 8.97. The molecule has 1 nitrogen and oxygen atoms in total. The molecule has 0 fully saturated rings. The maximum absolute atomic E-state index is 5.83. The summed E-state index contributed by atoms with van der Waals surface area (Å²) >= 11 is 5.83. The van der Waals surface area contributed by atoms with Crippen molar-refractivity contribution in [2.24, 2.45) is 0 Å². The Morgan fingerprint density at radius 2 is 2.08 bits per heavy atom. The quantitative estimate of drug-likeness (QED) is 0.701. The predicted octanol–water partition coefficient (Wildman–Crippen LogP) is 3.30. The van der Waals surface area contributed by atoms with E-state index < -0.39 is 0 Å². The van der Waals surface area contributed by atoms with Gasteiger partial charge >= 0.3 is 0 Å². The van der Waals surface area contributed by atoms with Gasteiger partial charge in [-0.25, -0.2) is 0 Å². The molecule has 0 radical (unpaired) electrons. The zero-order valence-corrected chi connectivity index (χ0v) is 8.19. The van der Waals surface area contributed by atoms with E-state index in [0.717, 1.165) is 17.2 Å². The molecule has 1 rings (SSSR count). The topological polar surface area (TPSA) is 9.23 Å². The van der Waals surface area contributed by atoms with Crippen molar-refractivity contribution >= 4 is 11.6 Å². The van der Waals surface area contributed by atoms with Crippen LogP contribution in [0.2, 0.25) is 5.02 Å². The Bertz CT molecular complexity index is 258. The third-order valence-electron chi connectivity index (χ3n) is 1.71. The summed E-state index contributed by atoms with van der Waals surface area (Å²) in [5, 5.41) is 0.732. The standard InChI is InChI=1S/C10H13ClO/c1-3-8-5-6-9(11)7-10(8)12-4-2/h5-7H,3-4H2,1-2H3. The molecule has 0 aromatic heterocycles. The Hall–Kier alpha value is -0.690. The molecule has 0 heterocycles. The van der Waals surface area contributed by atoms with Crippen molar-refractivity contribution in [3.63, 3.8) is 0 Å². The molecule has 0 saturated carbocycles. The van der Waals surface area contributed by atoms with Gasteiger partial charge in [-0.2, -0.15) is 0 Å². The molecule has 0 aliphatic rings. The van der Waals surface area contributed by atoms with Gasteiger partial charge in [-0.1, -0.05) is 24.6 Å². The van der Waals surface area contributed by atoms with Gasteiger partial charge in [0.05, 0.1) is 6.61 Å². The fourth-order valence-electron chi connectivity index (χ4n) is 1.11. The summed E-state index contributed by atoms with van der Waals surface area (Å²) in [5.74, 6) is 0.910. The van der Waals surface area contributed by atoms with E-state index in [1.807, 2.05) is 25.1 Å². The van der Waals surface area contributed by atoms with Crippen LogP contribution in [0.3, 0.4) is 0 Å². The van der Waals surface area contributed by atoms with Crippen molar-refractivity contribution in [1.82, 2.24) is 0 Å². The summed E-state index contributed by atoms with van der Waals surface area (Å²) in [7, 11) is 0. The minimum Gasteiger partial charge on any atom is -0.494 e. The minimum atomic E-state index is 0.688. The molecular weight excluding hydrogens is 172 g/mol. The van der Waals surface area contributed by atoms with Gasteiger partial charge in [0.2, 0.25) is 0 Å². The number of aryl methyl sites for hydroxylation is 1. The maximum atomic E-state index is 5.83. The number of ether oxygens (including phenoxy) is 1. The van der Waals surface area contributed by atoms with Gasteiger partial charge in [-0.15, -0.1) is 0 Å². The summed E-state index contributed by atoms with van der Waals surface area (Å²) in [4.78, 5) is 0. The molecule has 0 spiro atoms. The Kier molecular flexibility index (Phi) is 3.42. The van der Waals surface area contributed by atoms with E-state index in [1.165, 1.54) is 5.56 Å². The molecule has 0 amide bonds. The lowest BCUT2D eigenvalue weighted by Crippen LogP contribution is -1.95. The van der Waals surface area contributed by atoms with Crippen LogP contribution in [0.25, 0.3) is 0 Å². The fourth-order valence-corrected chi connectivity index (χ4v) is 1.27. The largest absolute Gasteiger partial charge is 0.494 e. The molecule has 0 aliphatic heterocycles. The Morgan fingerprint density at radius 1 is 1.33 bits per heavy atom. The van der Waals surface area contributed by atoms with Crippen molar-refractivity contribution in [3.8, 4) is 5.75 Å². The van der Waals surface area contributed by atoms with E-state index in [-0.39, 0.29) is 0 Å². The van der Waals surface area contributed by atoms with E-state index in [1.54, 1.807) is 0 Å². The molecule has 1 aromatic carbocycles. The van der Waals surface area contributed by atoms with Gasteiger partial charge in [0, 0.05) is 5.02 Å². The molecule has 0 atom stereocenters. The molecule has 1 aromatic rings. The molecular formula is C10H13ClO. The number of hydrogen-bond donors (Lipinski definition) is 0. The molecule has 0 aliphatic carbocycles. The maximum Gasteiger partial charge on any atom is 0.123 e. The minimum absolute atomic E-state index is 0.688. The van der Waals surface area contributed by atoms with Crippen LogP contribution in [0.4, 0.5) is 0 Å². The van der Waals surface area contributed by atoms with Crippen molar-refractivity contribution in [3.05, 3.63) is 28.8 Å². The zero-order valence-electron chi connectivity index (χ0n) is 7.43. The van der Waals surface area contributed by atoms with Gasteiger partial charge in [0.15, 0.2) is 0 Å². The van der Waals surface area contributed by atoms with Crippen LogP contribution in [-0.2, 0) is 6.42 Å². The first-order valence-electron chi connectivity index (χ1n) is 4.19. The van der Waals surface area contributed by atoms with Crippen LogP contribution in [0.15, 0.2) is 18.2 Å². The molecule has 12 heavy (non-hydrogen) atoms. The first kappa shape index (κ1) is 9.40. The smallest absolute Gasteiger partial charge is 0.123 e. The molecule has 0 saturated heterocycles. The highest BCUT2D eigenvalue weighted by atomic mass is 35.5. The second-order valence-electron chi connectivity index (χ2n) is 2.54. The highest BCUT2D eigenvalue weighted by molar-refractivity contribution is 6.30. The van der Waals surface area contributed by atoms with Crippen LogP contribution < -0.4 is 4.74 Å². The lowest BCUT2D eigenvalue weighted by molar-refractivity contribution is 0.337. The van der Waals surface area contributed by atoms with E-state index in [4.69, 9.17) is 16.3 Å². The van der Waals surface area contributed by atoms with Crippen LogP contribution in [0, 0.1) is 0 Å². The van der Waals surface area contributed by atoms with Gasteiger partial charge < -0.3 is 4.74 Å². The van der Waals surface area contributed by atoms with Gasteiger partial charge in [-0.05, 0) is 31.0 Å². The Morgan fingerprint density at radius 3 is 2.67 bits per heavy atom. The van der Waals surface area contributed by atoms with Crippen LogP contribution in [0.1, 0.15) is 19.4 Å². The third kappa shape index (κ3) is 2.15. The van der Waals surface area contributed by atoms with E-state index in [9.17, 15) is 0 Å². The van der Waals surface area contributed by atoms with Gasteiger partial charge in [-0.3, -0.25) is 0 Å². The second kappa shape index (κ2) is 4.36. The third-order valence-corrected chi connectivity index (χ3v) is 1.95. The molecule has 2 heteroatoms. The van der Waals surface area contributed by atoms with Crippen molar-refractivity contribution < 1.29 is 4.74 Å². The van der Waals surface area contributed by atoms with Crippen LogP contribution >= 0.6 is 11.6 Å². The average molecular weight is 185 g/mol. The highest BCUT2D eigenvalue weighted by Crippen LogP contribution is 2.23. The highest BCUT2D eigenvalue weighted by Gasteiger charge is 2.01. The van der Waals surface area contributed by atoms with Crippen LogP contribution in [0.5, 0.6) is 5.75 Å². The monoisotopic (exact) mass is 184 g/mol. The summed E-state index contributed by atoms with van der Waals surface area (Å²) in [5.41, 5.74) is 1.21. The lowest BCUT2D eigenvalue weighted by Gasteiger charge is -2.08. The summed E-state index contributed by atoms with van der Waals surface area (Å²) in [6.45, 7) is 4.76. The predicted molar refractivity (Wildman–Crippen MR) is 52.0 cm³/mol. The number of hydrogen-bond acceptors (Lipinski definition) is 1. The first-order valence-corrected chi connectivity index (χ1v) is 4.57. The lowest BCUT2D eigenvalue weighted by atomic mass is 10.1. The SMILES string of the molecule is CCOc1cc(Cl)ccc1CC. The Balaban J connectivity index is 2.95.